The van der Waals surface area contributed by atoms with Crippen LogP contribution in [0.2, 0.25) is 0 Å². The minimum absolute atomic E-state index is 0.128. The van der Waals surface area contributed by atoms with E-state index in [0.29, 0.717) is 13.7 Å². The molecule has 2 aromatic carbocycles. The van der Waals surface area contributed by atoms with Gasteiger partial charge in [0, 0.05) is 29.7 Å². The number of halogens is 4. The summed E-state index contributed by atoms with van der Waals surface area (Å²) in [4.78, 5) is 12.8. The van der Waals surface area contributed by atoms with Gasteiger partial charge >= 0.3 is 0 Å². The van der Waals surface area contributed by atoms with Crippen LogP contribution in [0, 0.1) is 5.82 Å². The van der Waals surface area contributed by atoms with Crippen LogP contribution in [0.25, 0.3) is 11.0 Å². The molecule has 1 aliphatic heterocycles. The van der Waals surface area contributed by atoms with Gasteiger partial charge < -0.3 is 4.98 Å². The fourth-order valence-corrected chi connectivity index (χ4v) is 4.11. The standard InChI is InChI=1S/C20H22BrFN4.C5H7F.C4H8.CH3F/c21-16-6-7-17(22)15(12-16)13-25-8-3-9-26(11-10-25)14-20-23-18-4-1-2-5-19(18)24-20;1-3-4-5(2)6;1-3-4-2;1-2/h1-2,4-7,12H,3,8-11,13-14H2,(H,23,24);3-4H,1H2,2H3;3H,1,4H2,2H3;1H3/b;5-4+;;. The zero-order valence-corrected chi connectivity index (χ0v) is 24.3. The van der Waals surface area contributed by atoms with Crippen LogP contribution in [0.1, 0.15) is 38.1 Å². The topological polar surface area (TPSA) is 35.2 Å². The Labute approximate surface area is 234 Å². The molecule has 3 aromatic rings. The van der Waals surface area contributed by atoms with E-state index in [1.54, 1.807) is 6.07 Å². The molecule has 1 fully saturated rings. The zero-order chi connectivity index (χ0) is 28.3. The van der Waals surface area contributed by atoms with Crippen LogP contribution in [-0.2, 0) is 13.1 Å². The van der Waals surface area contributed by atoms with Gasteiger partial charge in [-0.3, -0.25) is 14.2 Å². The molecule has 8 heteroatoms. The highest BCUT2D eigenvalue weighted by Crippen LogP contribution is 2.19. The highest BCUT2D eigenvalue weighted by Gasteiger charge is 2.17. The number of fused-ring (bicyclic) bond motifs is 1. The first-order chi connectivity index (χ1) is 18.4. The van der Waals surface area contributed by atoms with Gasteiger partial charge in [-0.05, 0) is 69.3 Å². The summed E-state index contributed by atoms with van der Waals surface area (Å²) in [5.41, 5.74) is 2.86. The lowest BCUT2D eigenvalue weighted by Gasteiger charge is -2.21. The quantitative estimate of drug-likeness (QED) is 0.230. The number of benzene rings is 2. The lowest BCUT2D eigenvalue weighted by molar-refractivity contribution is 0.242. The normalized spacial score (nSPS) is 14.1. The number of hydrogen-bond acceptors (Lipinski definition) is 3. The van der Waals surface area contributed by atoms with Crippen LogP contribution in [0.4, 0.5) is 13.2 Å². The maximum absolute atomic E-state index is 14.0. The number of alkyl halides is 1. The maximum atomic E-state index is 14.0. The Morgan fingerprint density at radius 1 is 1.05 bits per heavy atom. The molecule has 0 amide bonds. The van der Waals surface area contributed by atoms with Gasteiger partial charge in [0.25, 0.3) is 0 Å². The Kier molecular flexibility index (Phi) is 17.0. The monoisotopic (exact) mass is 592 g/mol. The van der Waals surface area contributed by atoms with E-state index in [2.05, 4.69) is 61.8 Å². The second-order valence-corrected chi connectivity index (χ2v) is 9.44. The summed E-state index contributed by atoms with van der Waals surface area (Å²) in [6.07, 6.45) is 6.76. The highest BCUT2D eigenvalue weighted by atomic mass is 79.9. The second kappa shape index (κ2) is 19.4. The van der Waals surface area contributed by atoms with Crippen molar-refractivity contribution in [1.82, 2.24) is 19.8 Å². The Bertz CT molecular complexity index is 1090. The first-order valence-corrected chi connectivity index (χ1v) is 13.4. The average Bonchev–Trinajstić information content (AvgIpc) is 3.20. The van der Waals surface area contributed by atoms with Crippen molar-refractivity contribution in [2.24, 2.45) is 0 Å². The Morgan fingerprint density at radius 2 is 1.68 bits per heavy atom. The molecule has 0 aliphatic carbocycles. The van der Waals surface area contributed by atoms with Crippen molar-refractivity contribution in [1.29, 1.82) is 0 Å². The highest BCUT2D eigenvalue weighted by molar-refractivity contribution is 9.10. The van der Waals surface area contributed by atoms with Crippen LogP contribution in [0.3, 0.4) is 0 Å². The van der Waals surface area contributed by atoms with Crippen molar-refractivity contribution in [3.63, 3.8) is 0 Å². The summed E-state index contributed by atoms with van der Waals surface area (Å²) in [6.45, 7) is 15.6. The molecule has 0 radical (unpaired) electrons. The number of nitrogens with one attached hydrogen (secondary N) is 1. The molecule has 1 aromatic heterocycles. The van der Waals surface area contributed by atoms with Crippen molar-refractivity contribution >= 4 is 27.0 Å². The first kappa shape index (κ1) is 33.3. The summed E-state index contributed by atoms with van der Waals surface area (Å²) in [6, 6.07) is 13.3. The van der Waals surface area contributed by atoms with Gasteiger partial charge in [0.2, 0.25) is 0 Å². The second-order valence-electron chi connectivity index (χ2n) is 8.53. The van der Waals surface area contributed by atoms with Crippen molar-refractivity contribution in [3.05, 3.63) is 101 Å². The number of rotatable bonds is 6. The molecule has 0 unspecified atom stereocenters. The lowest BCUT2D eigenvalue weighted by atomic mass is 10.2. The smallest absolute Gasteiger partial charge is 0.127 e. The van der Waals surface area contributed by atoms with Gasteiger partial charge in [-0.25, -0.2) is 13.8 Å². The first-order valence-electron chi connectivity index (χ1n) is 12.6. The molecule has 38 heavy (non-hydrogen) atoms. The summed E-state index contributed by atoms with van der Waals surface area (Å²) in [5, 5.41) is 0. The van der Waals surface area contributed by atoms with E-state index >= 15 is 0 Å². The summed E-state index contributed by atoms with van der Waals surface area (Å²) < 4.78 is 35.9. The minimum atomic E-state index is -0.204. The zero-order valence-electron chi connectivity index (χ0n) is 22.7. The third-order valence-corrected chi connectivity index (χ3v) is 6.02. The van der Waals surface area contributed by atoms with Crippen LogP contribution >= 0.6 is 15.9 Å². The Morgan fingerprint density at radius 3 is 2.24 bits per heavy atom. The van der Waals surface area contributed by atoms with Crippen LogP contribution in [0.5, 0.6) is 0 Å². The molecule has 0 saturated carbocycles. The molecule has 208 valence electrons. The number of H-pyrrole nitrogens is 1. The van der Waals surface area contributed by atoms with E-state index in [1.165, 1.54) is 25.1 Å². The Balaban J connectivity index is 0.000000511. The number of aromatic nitrogens is 2. The molecule has 1 N–H and O–H groups in total. The van der Waals surface area contributed by atoms with Gasteiger partial charge in [-0.15, -0.1) is 6.58 Å². The number of para-hydroxylation sites is 2. The van der Waals surface area contributed by atoms with E-state index in [1.807, 2.05) is 30.3 Å². The van der Waals surface area contributed by atoms with Crippen LogP contribution in [-0.4, -0.2) is 53.1 Å². The number of hydrogen-bond donors (Lipinski definition) is 1. The third kappa shape index (κ3) is 12.7. The third-order valence-electron chi connectivity index (χ3n) is 5.53. The Hall–Kier alpha value is -2.68. The van der Waals surface area contributed by atoms with Gasteiger partial charge in [0.1, 0.15) is 11.6 Å². The number of imidazole rings is 1. The van der Waals surface area contributed by atoms with Crippen molar-refractivity contribution in [3.8, 4) is 0 Å². The molecular weight excluding hydrogens is 553 g/mol. The molecule has 0 atom stereocenters. The van der Waals surface area contributed by atoms with E-state index in [0.717, 1.165) is 72.5 Å². The molecular formula is C30H40BrF3N4. The van der Waals surface area contributed by atoms with Crippen molar-refractivity contribution < 1.29 is 13.2 Å². The van der Waals surface area contributed by atoms with Crippen molar-refractivity contribution in [2.45, 2.75) is 39.8 Å². The van der Waals surface area contributed by atoms with E-state index in [9.17, 15) is 13.2 Å². The maximum Gasteiger partial charge on any atom is 0.127 e. The van der Waals surface area contributed by atoms with Crippen molar-refractivity contribution in [2.75, 3.05) is 33.4 Å². The predicted molar refractivity (Wildman–Crippen MR) is 158 cm³/mol. The molecule has 0 spiro atoms. The summed E-state index contributed by atoms with van der Waals surface area (Å²) >= 11 is 3.43. The fraction of sp³-hybridized carbons (Fsp3) is 0.367. The SMILES string of the molecule is C=C/C=C(\C)F.C=CCC.CF.Fc1ccc(Br)cc1CN1CCCN(Cc2nc3ccccc3[nH]2)CC1. The van der Waals surface area contributed by atoms with Crippen LogP contribution in [0.15, 0.2) is 84.2 Å². The van der Waals surface area contributed by atoms with Crippen LogP contribution < -0.4 is 0 Å². The van der Waals surface area contributed by atoms with Gasteiger partial charge in [0.05, 0.1) is 30.6 Å². The molecule has 1 saturated heterocycles. The molecule has 4 nitrogen and oxygen atoms in total. The van der Waals surface area contributed by atoms with E-state index in [4.69, 9.17) is 0 Å². The molecule has 4 rings (SSSR count). The predicted octanol–water partition coefficient (Wildman–Crippen LogP) is 8.39. The largest absolute Gasteiger partial charge is 0.341 e. The van der Waals surface area contributed by atoms with E-state index < -0.39 is 0 Å². The lowest BCUT2D eigenvalue weighted by Crippen LogP contribution is -2.30. The average molecular weight is 594 g/mol. The van der Waals surface area contributed by atoms with Gasteiger partial charge in [0.15, 0.2) is 0 Å². The number of nitrogens with zero attached hydrogens (tertiary/aromatic N) is 3. The fourth-order valence-electron chi connectivity index (χ4n) is 3.70. The molecule has 0 bridgehead atoms. The molecule has 2 heterocycles. The van der Waals surface area contributed by atoms with Gasteiger partial charge in [-0.1, -0.05) is 53.7 Å². The number of allylic oxidation sites excluding steroid dienone is 4. The summed E-state index contributed by atoms with van der Waals surface area (Å²) in [7, 11) is 0.500. The molecule has 1 aliphatic rings. The van der Waals surface area contributed by atoms with E-state index in [-0.39, 0.29) is 11.6 Å². The summed E-state index contributed by atoms with van der Waals surface area (Å²) in [5.74, 6) is 0.680. The number of aromatic amines is 1. The van der Waals surface area contributed by atoms with Gasteiger partial charge in [-0.2, -0.15) is 0 Å². The minimum Gasteiger partial charge on any atom is -0.341 e.